The molecule has 1 rings (SSSR count). The molecule has 0 bridgehead atoms. The first-order valence-corrected chi connectivity index (χ1v) is 6.18. The van der Waals surface area contributed by atoms with Gasteiger partial charge in [-0.2, -0.15) is 0 Å². The molecule has 3 N–H and O–H groups in total. The molecule has 5 nitrogen and oxygen atoms in total. The first-order chi connectivity index (χ1) is 8.97. The maximum atomic E-state index is 11.9. The van der Waals surface area contributed by atoms with Crippen LogP contribution in [0.1, 0.15) is 13.8 Å². The Morgan fingerprint density at radius 2 is 2.00 bits per heavy atom. The highest BCUT2D eigenvalue weighted by atomic mass is 16.5. The van der Waals surface area contributed by atoms with Crippen LogP contribution in [0.4, 0.5) is 5.69 Å². The van der Waals surface area contributed by atoms with Crippen molar-refractivity contribution in [3.63, 3.8) is 0 Å². The van der Waals surface area contributed by atoms with Crippen LogP contribution >= 0.6 is 0 Å². The van der Waals surface area contributed by atoms with Gasteiger partial charge in [-0.05, 0) is 18.1 Å². The maximum Gasteiger partial charge on any atom is 0.245 e. The van der Waals surface area contributed by atoms with E-state index in [-0.39, 0.29) is 12.5 Å². The van der Waals surface area contributed by atoms with Crippen molar-refractivity contribution < 1.29 is 14.3 Å². The maximum absolute atomic E-state index is 11.9. The van der Waals surface area contributed by atoms with Crippen LogP contribution in [0.25, 0.3) is 0 Å². The monoisotopic (exact) mass is 266 g/mol. The molecule has 0 heterocycles. The van der Waals surface area contributed by atoms with E-state index in [1.54, 1.807) is 14.2 Å². The summed E-state index contributed by atoms with van der Waals surface area (Å²) >= 11 is 0. The minimum Gasteiger partial charge on any atom is -0.495 e. The third-order valence-electron chi connectivity index (χ3n) is 3.26. The number of amides is 1. The van der Waals surface area contributed by atoms with Crippen molar-refractivity contribution >= 4 is 11.6 Å². The van der Waals surface area contributed by atoms with Crippen LogP contribution in [0.5, 0.6) is 5.75 Å². The van der Waals surface area contributed by atoms with Crippen LogP contribution in [0.15, 0.2) is 24.3 Å². The highest BCUT2D eigenvalue weighted by Gasteiger charge is 2.40. The Hall–Kier alpha value is -1.75. The Bertz CT molecular complexity index is 434. The zero-order valence-electron chi connectivity index (χ0n) is 11.9. The van der Waals surface area contributed by atoms with Gasteiger partial charge in [0.15, 0.2) is 0 Å². The van der Waals surface area contributed by atoms with Crippen LogP contribution in [0.3, 0.4) is 0 Å². The topological polar surface area (TPSA) is 73.6 Å². The molecule has 0 aliphatic heterocycles. The number of benzene rings is 1. The Labute approximate surface area is 114 Å². The summed E-state index contributed by atoms with van der Waals surface area (Å²) < 4.78 is 10.4. The minimum atomic E-state index is -0.969. The second kappa shape index (κ2) is 6.43. The van der Waals surface area contributed by atoms with Crippen molar-refractivity contribution in [1.82, 2.24) is 0 Å². The molecule has 0 aromatic heterocycles. The van der Waals surface area contributed by atoms with Crippen molar-refractivity contribution in [2.24, 2.45) is 11.7 Å². The van der Waals surface area contributed by atoms with Gasteiger partial charge in [0.25, 0.3) is 0 Å². The second-order valence-corrected chi connectivity index (χ2v) is 4.75. The van der Waals surface area contributed by atoms with E-state index in [2.05, 4.69) is 5.32 Å². The van der Waals surface area contributed by atoms with E-state index in [0.29, 0.717) is 5.75 Å². The fourth-order valence-corrected chi connectivity index (χ4v) is 1.98. The van der Waals surface area contributed by atoms with Gasteiger partial charge in [0.2, 0.25) is 5.91 Å². The number of anilines is 1. The van der Waals surface area contributed by atoms with Crippen molar-refractivity contribution in [3.05, 3.63) is 24.3 Å². The molecular formula is C14H22N2O3. The standard InChI is InChI=1S/C14H22N2O3/c1-10(2)14(9-18-3,13(15)17)16-11-7-5-6-8-12(11)19-4/h5-8,10,16H,9H2,1-4H3,(H2,15,17). The number of methoxy groups -OCH3 is 2. The summed E-state index contributed by atoms with van der Waals surface area (Å²) in [7, 11) is 3.13. The van der Waals surface area contributed by atoms with E-state index >= 15 is 0 Å². The molecule has 0 fully saturated rings. The first-order valence-electron chi connectivity index (χ1n) is 6.18. The lowest BCUT2D eigenvalue weighted by atomic mass is 9.86. The Balaban J connectivity index is 3.16. The minimum absolute atomic E-state index is 0.0325. The van der Waals surface area contributed by atoms with Gasteiger partial charge in [-0.3, -0.25) is 4.79 Å². The van der Waals surface area contributed by atoms with E-state index in [1.807, 2.05) is 38.1 Å². The van der Waals surface area contributed by atoms with E-state index in [9.17, 15) is 4.79 Å². The van der Waals surface area contributed by atoms with Gasteiger partial charge in [-0.25, -0.2) is 0 Å². The predicted molar refractivity (Wildman–Crippen MR) is 75.3 cm³/mol. The van der Waals surface area contributed by atoms with Gasteiger partial charge in [-0.1, -0.05) is 26.0 Å². The number of rotatable bonds is 7. The molecule has 0 aliphatic carbocycles. The number of para-hydroxylation sites is 2. The van der Waals surface area contributed by atoms with Crippen molar-refractivity contribution in [2.45, 2.75) is 19.4 Å². The fourth-order valence-electron chi connectivity index (χ4n) is 1.98. The van der Waals surface area contributed by atoms with Crippen molar-refractivity contribution in [2.75, 3.05) is 26.1 Å². The average molecular weight is 266 g/mol. The molecule has 106 valence electrons. The van der Waals surface area contributed by atoms with Gasteiger partial charge < -0.3 is 20.5 Å². The molecule has 0 saturated heterocycles. The van der Waals surface area contributed by atoms with E-state index in [1.165, 1.54) is 0 Å². The lowest BCUT2D eigenvalue weighted by Crippen LogP contribution is -2.57. The molecule has 1 unspecified atom stereocenters. The first kappa shape index (κ1) is 15.3. The number of nitrogens with two attached hydrogens (primary N) is 1. The number of carbonyl (C=O) groups is 1. The third kappa shape index (κ3) is 3.17. The SMILES string of the molecule is COCC(Nc1ccccc1OC)(C(N)=O)C(C)C. The van der Waals surface area contributed by atoms with Crippen LogP contribution in [0, 0.1) is 5.92 Å². The summed E-state index contributed by atoms with van der Waals surface area (Å²) in [6.45, 7) is 4.04. The normalized spacial score (nSPS) is 13.9. The van der Waals surface area contributed by atoms with Gasteiger partial charge in [0.1, 0.15) is 11.3 Å². The molecule has 1 aromatic carbocycles. The van der Waals surface area contributed by atoms with Crippen LogP contribution in [-0.2, 0) is 9.53 Å². The van der Waals surface area contributed by atoms with Crippen LogP contribution in [-0.4, -0.2) is 32.3 Å². The summed E-state index contributed by atoms with van der Waals surface area (Å²) in [6, 6.07) is 7.39. The molecular weight excluding hydrogens is 244 g/mol. The van der Waals surface area contributed by atoms with Gasteiger partial charge in [0.05, 0.1) is 19.4 Å². The summed E-state index contributed by atoms with van der Waals surface area (Å²) in [6.07, 6.45) is 0. The van der Waals surface area contributed by atoms with E-state index in [0.717, 1.165) is 5.69 Å². The van der Waals surface area contributed by atoms with Crippen LogP contribution < -0.4 is 15.8 Å². The average Bonchev–Trinajstić information content (AvgIpc) is 2.38. The van der Waals surface area contributed by atoms with Crippen LogP contribution in [0.2, 0.25) is 0 Å². The summed E-state index contributed by atoms with van der Waals surface area (Å²) in [5.74, 6) is 0.176. The lowest BCUT2D eigenvalue weighted by Gasteiger charge is -2.36. The molecule has 5 heteroatoms. The number of primary amides is 1. The molecule has 0 radical (unpaired) electrons. The van der Waals surface area contributed by atoms with Crippen molar-refractivity contribution in [1.29, 1.82) is 0 Å². The second-order valence-electron chi connectivity index (χ2n) is 4.75. The quantitative estimate of drug-likeness (QED) is 0.786. The number of hydrogen-bond donors (Lipinski definition) is 2. The summed E-state index contributed by atoms with van der Waals surface area (Å²) in [5.41, 5.74) is 5.32. The number of nitrogens with one attached hydrogen (secondary N) is 1. The largest absolute Gasteiger partial charge is 0.495 e. The zero-order chi connectivity index (χ0) is 14.5. The van der Waals surface area contributed by atoms with Gasteiger partial charge in [0, 0.05) is 7.11 Å². The molecule has 1 atom stereocenters. The van der Waals surface area contributed by atoms with Crippen molar-refractivity contribution in [3.8, 4) is 5.75 Å². The number of ether oxygens (including phenoxy) is 2. The smallest absolute Gasteiger partial charge is 0.245 e. The molecule has 1 amide bonds. The summed E-state index contributed by atoms with van der Waals surface area (Å²) in [4.78, 5) is 11.9. The third-order valence-corrected chi connectivity index (χ3v) is 3.26. The predicted octanol–water partition coefficient (Wildman–Crippen LogP) is 1.63. The number of hydrogen-bond acceptors (Lipinski definition) is 4. The van der Waals surface area contributed by atoms with Gasteiger partial charge >= 0.3 is 0 Å². The summed E-state index contributed by atoms with van der Waals surface area (Å²) in [5, 5.41) is 3.19. The van der Waals surface area contributed by atoms with Gasteiger partial charge in [-0.15, -0.1) is 0 Å². The molecule has 0 aliphatic rings. The van der Waals surface area contributed by atoms with E-state index in [4.69, 9.17) is 15.2 Å². The Morgan fingerprint density at radius 3 is 2.47 bits per heavy atom. The highest BCUT2D eigenvalue weighted by molar-refractivity contribution is 5.89. The molecule has 0 saturated carbocycles. The molecule has 0 spiro atoms. The number of carbonyl (C=O) groups excluding carboxylic acids is 1. The zero-order valence-corrected chi connectivity index (χ0v) is 11.9. The molecule has 1 aromatic rings. The highest BCUT2D eigenvalue weighted by Crippen LogP contribution is 2.30. The fraction of sp³-hybridized carbons (Fsp3) is 0.500. The Kier molecular flexibility index (Phi) is 5.18. The lowest BCUT2D eigenvalue weighted by molar-refractivity contribution is -0.125. The Morgan fingerprint density at radius 1 is 1.37 bits per heavy atom. The van der Waals surface area contributed by atoms with E-state index < -0.39 is 11.4 Å². The molecule has 19 heavy (non-hydrogen) atoms.